The lowest BCUT2D eigenvalue weighted by Gasteiger charge is -1.98. The molecule has 0 spiro atoms. The number of fused-ring (bicyclic) bond motifs is 3. The number of thioether (sulfide) groups is 1. The standard InChI is InChI=1S/C14H14N2O2S2/c1-3-18-13(17)12-10-11(14(20-12)19-4-2)16-8-6-5-7-9(16)15-10/h5-8H,3-4H2,1-2H3. The number of thiophene rings is 1. The van der Waals surface area contributed by atoms with Gasteiger partial charge in [-0.15, -0.1) is 23.1 Å². The molecule has 0 aliphatic rings. The Morgan fingerprint density at radius 3 is 3.05 bits per heavy atom. The molecule has 0 fully saturated rings. The number of pyridine rings is 1. The molecule has 104 valence electrons. The summed E-state index contributed by atoms with van der Waals surface area (Å²) in [6.07, 6.45) is 1.98. The van der Waals surface area contributed by atoms with E-state index < -0.39 is 0 Å². The van der Waals surface area contributed by atoms with E-state index in [1.807, 2.05) is 35.7 Å². The molecule has 0 aliphatic carbocycles. The molecule has 0 aliphatic heterocycles. The summed E-state index contributed by atoms with van der Waals surface area (Å²) < 4.78 is 8.29. The molecule has 0 amide bonds. The molecular weight excluding hydrogens is 292 g/mol. The maximum Gasteiger partial charge on any atom is 0.350 e. The molecule has 3 heterocycles. The van der Waals surface area contributed by atoms with Gasteiger partial charge >= 0.3 is 5.97 Å². The van der Waals surface area contributed by atoms with E-state index in [-0.39, 0.29) is 5.97 Å². The van der Waals surface area contributed by atoms with Crippen LogP contribution in [0.3, 0.4) is 0 Å². The Kier molecular flexibility index (Phi) is 3.67. The average molecular weight is 306 g/mol. The maximum absolute atomic E-state index is 12.1. The highest BCUT2D eigenvalue weighted by molar-refractivity contribution is 8.01. The van der Waals surface area contributed by atoms with E-state index in [4.69, 9.17) is 4.74 Å². The Balaban J connectivity index is 2.28. The van der Waals surface area contributed by atoms with Crippen LogP contribution in [0.2, 0.25) is 0 Å². The van der Waals surface area contributed by atoms with Gasteiger partial charge in [0, 0.05) is 6.20 Å². The zero-order valence-corrected chi connectivity index (χ0v) is 12.9. The molecule has 4 nitrogen and oxygen atoms in total. The van der Waals surface area contributed by atoms with Crippen LogP contribution in [0.25, 0.3) is 16.7 Å². The summed E-state index contributed by atoms with van der Waals surface area (Å²) in [4.78, 5) is 17.3. The van der Waals surface area contributed by atoms with E-state index in [2.05, 4.69) is 11.9 Å². The molecule has 0 saturated heterocycles. The lowest BCUT2D eigenvalue weighted by atomic mass is 10.4. The fraction of sp³-hybridized carbons (Fsp3) is 0.286. The van der Waals surface area contributed by atoms with Crippen molar-refractivity contribution in [2.24, 2.45) is 0 Å². The van der Waals surface area contributed by atoms with Crippen LogP contribution >= 0.6 is 23.1 Å². The van der Waals surface area contributed by atoms with Crippen LogP contribution in [0.1, 0.15) is 23.5 Å². The lowest BCUT2D eigenvalue weighted by molar-refractivity contribution is 0.0534. The summed E-state index contributed by atoms with van der Waals surface area (Å²) in [7, 11) is 0. The van der Waals surface area contributed by atoms with Crippen molar-refractivity contribution in [3.63, 3.8) is 0 Å². The third-order valence-electron chi connectivity index (χ3n) is 2.87. The number of imidazole rings is 1. The summed E-state index contributed by atoms with van der Waals surface area (Å²) in [5.41, 5.74) is 2.62. The second-order valence-corrected chi connectivity index (χ2v) is 6.66. The number of nitrogens with zero attached hydrogens (tertiary/aromatic N) is 2. The van der Waals surface area contributed by atoms with Crippen molar-refractivity contribution in [3.05, 3.63) is 29.3 Å². The van der Waals surface area contributed by atoms with Gasteiger partial charge in [-0.05, 0) is 24.8 Å². The zero-order valence-electron chi connectivity index (χ0n) is 11.3. The van der Waals surface area contributed by atoms with Crippen LogP contribution in [0.15, 0.2) is 28.6 Å². The second kappa shape index (κ2) is 5.46. The van der Waals surface area contributed by atoms with Gasteiger partial charge in [0.15, 0.2) is 0 Å². The molecule has 0 saturated carbocycles. The van der Waals surface area contributed by atoms with Gasteiger partial charge in [-0.2, -0.15) is 0 Å². The van der Waals surface area contributed by atoms with Crippen LogP contribution in [-0.4, -0.2) is 27.7 Å². The smallest absolute Gasteiger partial charge is 0.350 e. The van der Waals surface area contributed by atoms with Gasteiger partial charge in [-0.3, -0.25) is 4.40 Å². The van der Waals surface area contributed by atoms with Crippen LogP contribution < -0.4 is 0 Å². The number of esters is 1. The molecule has 0 unspecified atom stereocenters. The first-order chi connectivity index (χ1) is 9.76. The quantitative estimate of drug-likeness (QED) is 0.542. The van der Waals surface area contributed by atoms with E-state index in [0.717, 1.165) is 26.6 Å². The van der Waals surface area contributed by atoms with Crippen molar-refractivity contribution < 1.29 is 9.53 Å². The van der Waals surface area contributed by atoms with E-state index >= 15 is 0 Å². The normalized spacial score (nSPS) is 11.3. The molecule has 0 N–H and O–H groups in total. The summed E-state index contributed by atoms with van der Waals surface area (Å²) in [5, 5.41) is 0. The average Bonchev–Trinajstić information content (AvgIpc) is 2.97. The first-order valence-corrected chi connectivity index (χ1v) is 8.26. The Hall–Kier alpha value is -1.53. The van der Waals surface area contributed by atoms with Gasteiger partial charge < -0.3 is 4.74 Å². The summed E-state index contributed by atoms with van der Waals surface area (Å²) >= 11 is 3.20. The summed E-state index contributed by atoms with van der Waals surface area (Å²) in [6, 6.07) is 5.86. The first kappa shape index (κ1) is 13.5. The fourth-order valence-electron chi connectivity index (χ4n) is 2.10. The zero-order chi connectivity index (χ0) is 14.1. The highest BCUT2D eigenvalue weighted by Crippen LogP contribution is 2.38. The number of rotatable bonds is 4. The van der Waals surface area contributed by atoms with Crippen molar-refractivity contribution in [2.45, 2.75) is 18.1 Å². The SMILES string of the molecule is CCOC(=O)c1sc(SCC)c2c1nc1ccccn12. The third kappa shape index (κ3) is 2.09. The highest BCUT2D eigenvalue weighted by atomic mass is 32.2. The molecule has 3 rings (SSSR count). The van der Waals surface area contributed by atoms with Gasteiger partial charge in [0.2, 0.25) is 0 Å². The van der Waals surface area contributed by atoms with Crippen molar-refractivity contribution in [1.82, 2.24) is 9.38 Å². The Morgan fingerprint density at radius 1 is 1.45 bits per heavy atom. The van der Waals surface area contributed by atoms with E-state index in [9.17, 15) is 4.79 Å². The number of hydrogen-bond donors (Lipinski definition) is 0. The predicted molar refractivity (Wildman–Crippen MR) is 82.9 cm³/mol. The number of ether oxygens (including phenoxy) is 1. The van der Waals surface area contributed by atoms with E-state index in [1.54, 1.807) is 11.8 Å². The molecule has 6 heteroatoms. The Morgan fingerprint density at radius 2 is 2.30 bits per heavy atom. The van der Waals surface area contributed by atoms with Crippen molar-refractivity contribution in [1.29, 1.82) is 0 Å². The number of carbonyl (C=O) groups is 1. The van der Waals surface area contributed by atoms with Crippen molar-refractivity contribution in [3.8, 4) is 0 Å². The Bertz CT molecular complexity index is 776. The summed E-state index contributed by atoms with van der Waals surface area (Å²) in [5.74, 6) is 0.673. The largest absolute Gasteiger partial charge is 0.462 e. The minimum Gasteiger partial charge on any atom is -0.462 e. The third-order valence-corrected chi connectivity index (χ3v) is 5.16. The fourth-order valence-corrected chi connectivity index (χ4v) is 4.39. The topological polar surface area (TPSA) is 43.6 Å². The molecule has 20 heavy (non-hydrogen) atoms. The molecule has 0 bridgehead atoms. The highest BCUT2D eigenvalue weighted by Gasteiger charge is 2.22. The van der Waals surface area contributed by atoms with Gasteiger partial charge in [0.1, 0.15) is 16.0 Å². The molecule has 3 aromatic rings. The van der Waals surface area contributed by atoms with Gasteiger partial charge in [0.25, 0.3) is 0 Å². The number of carbonyl (C=O) groups excluding carboxylic acids is 1. The van der Waals surface area contributed by atoms with Crippen LogP contribution in [0.4, 0.5) is 0 Å². The summed E-state index contributed by atoms with van der Waals surface area (Å²) in [6.45, 7) is 4.29. The molecule has 0 aromatic carbocycles. The van der Waals surface area contributed by atoms with Crippen molar-refractivity contribution >= 4 is 45.7 Å². The van der Waals surface area contributed by atoms with Gasteiger partial charge in [0.05, 0.1) is 16.3 Å². The number of hydrogen-bond acceptors (Lipinski definition) is 5. The minimum absolute atomic E-state index is 0.283. The van der Waals surface area contributed by atoms with Gasteiger partial charge in [-0.25, -0.2) is 9.78 Å². The van der Waals surface area contributed by atoms with E-state index in [0.29, 0.717) is 11.5 Å². The van der Waals surface area contributed by atoms with Crippen LogP contribution in [0, 0.1) is 0 Å². The van der Waals surface area contributed by atoms with Gasteiger partial charge in [-0.1, -0.05) is 13.0 Å². The first-order valence-electron chi connectivity index (χ1n) is 6.45. The monoisotopic (exact) mass is 306 g/mol. The van der Waals surface area contributed by atoms with Crippen LogP contribution in [-0.2, 0) is 4.74 Å². The molecule has 0 radical (unpaired) electrons. The molecule has 3 aromatic heterocycles. The Labute approximate surface area is 124 Å². The van der Waals surface area contributed by atoms with Crippen molar-refractivity contribution in [2.75, 3.05) is 12.4 Å². The minimum atomic E-state index is -0.283. The molecule has 0 atom stereocenters. The van der Waals surface area contributed by atoms with E-state index in [1.165, 1.54) is 11.3 Å². The number of aromatic nitrogens is 2. The molecular formula is C14H14N2O2S2. The lowest BCUT2D eigenvalue weighted by Crippen LogP contribution is -2.02. The second-order valence-electron chi connectivity index (χ2n) is 4.11. The predicted octanol–water partition coefficient (Wildman–Crippen LogP) is 3.84. The van der Waals surface area contributed by atoms with Crippen LogP contribution in [0.5, 0.6) is 0 Å². The maximum atomic E-state index is 12.1.